The first kappa shape index (κ1) is 29.0. The second-order valence-corrected chi connectivity index (χ2v) is 10.9. The lowest BCUT2D eigenvalue weighted by Crippen LogP contribution is -2.58. The molecule has 9 heteroatoms. The van der Waals surface area contributed by atoms with Crippen LogP contribution in [0, 0.1) is 22.7 Å². The van der Waals surface area contributed by atoms with Gasteiger partial charge in [0, 0.05) is 23.9 Å². The van der Waals surface area contributed by atoms with Gasteiger partial charge in [0.1, 0.15) is 34.1 Å². The van der Waals surface area contributed by atoms with E-state index in [2.05, 4.69) is 22.8 Å². The highest BCUT2D eigenvalue weighted by Gasteiger charge is 2.42. The summed E-state index contributed by atoms with van der Waals surface area (Å²) in [6.07, 6.45) is 2.87. The number of nitrogens with one attached hydrogen (secondary N) is 2. The number of anilines is 1. The van der Waals surface area contributed by atoms with Gasteiger partial charge in [-0.1, -0.05) is 19.3 Å². The third-order valence-electron chi connectivity index (χ3n) is 6.46. The number of rotatable bonds is 7. The molecule has 1 saturated carbocycles. The molecule has 0 aliphatic heterocycles. The number of benzene rings is 3. The van der Waals surface area contributed by atoms with E-state index in [1.165, 1.54) is 0 Å². The summed E-state index contributed by atoms with van der Waals surface area (Å²) in [5, 5.41) is 24.0. The van der Waals surface area contributed by atoms with Crippen LogP contribution in [0.4, 0.5) is 10.5 Å². The minimum atomic E-state index is -1.13. The molecule has 9 nitrogen and oxygen atoms in total. The third kappa shape index (κ3) is 8.00. The zero-order chi connectivity index (χ0) is 29.5. The molecule has 0 unspecified atom stereocenters. The smallest absolute Gasteiger partial charge is 0.408 e. The van der Waals surface area contributed by atoms with Crippen molar-refractivity contribution in [3.05, 3.63) is 77.9 Å². The molecular formula is C32H32N4O5. The molecule has 3 aromatic carbocycles. The number of alkyl carbamates (subject to hydrolysis) is 1. The van der Waals surface area contributed by atoms with Crippen molar-refractivity contribution in [1.82, 2.24) is 5.32 Å². The summed E-state index contributed by atoms with van der Waals surface area (Å²) in [5.41, 5.74) is -0.429. The number of amides is 2. The molecule has 1 fully saturated rings. The zero-order valence-corrected chi connectivity index (χ0v) is 23.3. The van der Waals surface area contributed by atoms with Gasteiger partial charge in [0.2, 0.25) is 5.91 Å². The molecule has 210 valence electrons. The summed E-state index contributed by atoms with van der Waals surface area (Å²) < 4.78 is 17.5. The highest BCUT2D eigenvalue weighted by atomic mass is 16.6. The highest BCUT2D eigenvalue weighted by molar-refractivity contribution is 6.00. The SMILES string of the molecule is CC(C)(C)OC(=O)NC1(C(=O)Nc2cc(Oc3ccc(C#N)cc3)cc(Oc3ccc(C#N)cc3)c2)CCCCC1. The van der Waals surface area contributed by atoms with E-state index in [1.54, 1.807) is 87.5 Å². The van der Waals surface area contributed by atoms with Crippen molar-refractivity contribution < 1.29 is 23.8 Å². The van der Waals surface area contributed by atoms with Crippen LogP contribution >= 0.6 is 0 Å². The first-order valence-corrected chi connectivity index (χ1v) is 13.4. The molecule has 2 N–H and O–H groups in total. The molecule has 3 aromatic rings. The quantitative estimate of drug-likeness (QED) is 0.317. The van der Waals surface area contributed by atoms with Gasteiger partial charge in [-0.3, -0.25) is 4.79 Å². The van der Waals surface area contributed by atoms with Crippen molar-refractivity contribution in [3.8, 4) is 35.1 Å². The number of ether oxygens (including phenoxy) is 3. The van der Waals surface area contributed by atoms with E-state index in [1.807, 2.05) is 0 Å². The summed E-state index contributed by atoms with van der Waals surface area (Å²) in [6.45, 7) is 5.32. The number of carbonyl (C=O) groups excluding carboxylic acids is 2. The lowest BCUT2D eigenvalue weighted by atomic mass is 9.81. The molecule has 0 aromatic heterocycles. The summed E-state index contributed by atoms with van der Waals surface area (Å²) in [7, 11) is 0. The van der Waals surface area contributed by atoms with Crippen LogP contribution in [0.3, 0.4) is 0 Å². The van der Waals surface area contributed by atoms with Gasteiger partial charge < -0.3 is 24.8 Å². The minimum Gasteiger partial charge on any atom is -0.457 e. The topological polar surface area (TPSA) is 133 Å². The molecule has 0 atom stereocenters. The van der Waals surface area contributed by atoms with E-state index >= 15 is 0 Å². The normalized spacial score (nSPS) is 14.1. The van der Waals surface area contributed by atoms with Crippen molar-refractivity contribution in [1.29, 1.82) is 10.5 Å². The molecule has 0 radical (unpaired) electrons. The fourth-order valence-corrected chi connectivity index (χ4v) is 4.54. The van der Waals surface area contributed by atoms with Crippen LogP contribution in [0.2, 0.25) is 0 Å². The second kappa shape index (κ2) is 12.4. The predicted octanol–water partition coefficient (Wildman–Crippen LogP) is 7.18. The summed E-state index contributed by atoms with van der Waals surface area (Å²) in [5.74, 6) is 1.39. The maximum atomic E-state index is 13.7. The van der Waals surface area contributed by atoms with Gasteiger partial charge >= 0.3 is 6.09 Å². The Balaban J connectivity index is 1.62. The number of nitrogens with zero attached hydrogens (tertiary/aromatic N) is 2. The number of carbonyl (C=O) groups is 2. The standard InChI is InChI=1S/C32H32N4O5/c1-31(2,3)41-30(38)36-32(15-5-4-6-16-32)29(37)35-24-17-27(39-25-11-7-22(20-33)8-12-25)19-28(18-24)40-26-13-9-23(21-34)10-14-26/h7-14,17-19H,4-6,15-16H2,1-3H3,(H,35,37)(H,36,38). The monoisotopic (exact) mass is 552 g/mol. The highest BCUT2D eigenvalue weighted by Crippen LogP contribution is 2.35. The average molecular weight is 553 g/mol. The Morgan fingerprint density at radius 2 is 1.24 bits per heavy atom. The largest absolute Gasteiger partial charge is 0.457 e. The number of hydrogen-bond acceptors (Lipinski definition) is 7. The maximum Gasteiger partial charge on any atom is 0.408 e. The Hall–Kier alpha value is -5.02. The van der Waals surface area contributed by atoms with E-state index in [0.29, 0.717) is 52.7 Å². The molecule has 2 amide bonds. The summed E-state index contributed by atoms with van der Waals surface area (Å²) in [4.78, 5) is 26.4. The molecule has 0 bridgehead atoms. The Bertz CT molecular complexity index is 1400. The predicted molar refractivity (Wildman–Crippen MR) is 153 cm³/mol. The molecule has 0 saturated heterocycles. The molecular weight excluding hydrogens is 520 g/mol. The molecule has 0 spiro atoms. The average Bonchev–Trinajstić information content (AvgIpc) is 2.93. The summed E-state index contributed by atoms with van der Waals surface area (Å²) >= 11 is 0. The van der Waals surface area contributed by atoms with E-state index in [-0.39, 0.29) is 5.91 Å². The van der Waals surface area contributed by atoms with Gasteiger partial charge in [0.05, 0.1) is 23.3 Å². The van der Waals surface area contributed by atoms with Crippen molar-refractivity contribution in [2.45, 2.75) is 64.0 Å². The second-order valence-electron chi connectivity index (χ2n) is 10.9. The van der Waals surface area contributed by atoms with Crippen molar-refractivity contribution in [3.63, 3.8) is 0 Å². The van der Waals surface area contributed by atoms with Gasteiger partial charge in [-0.2, -0.15) is 10.5 Å². The van der Waals surface area contributed by atoms with Crippen LogP contribution < -0.4 is 20.1 Å². The molecule has 0 heterocycles. The van der Waals surface area contributed by atoms with E-state index in [0.717, 1.165) is 19.3 Å². The van der Waals surface area contributed by atoms with E-state index < -0.39 is 17.2 Å². The van der Waals surface area contributed by atoms with Gasteiger partial charge in [-0.05, 0) is 82.1 Å². The third-order valence-corrected chi connectivity index (χ3v) is 6.46. The lowest BCUT2D eigenvalue weighted by Gasteiger charge is -2.37. The number of hydrogen-bond donors (Lipinski definition) is 2. The van der Waals surface area contributed by atoms with Gasteiger partial charge in [-0.15, -0.1) is 0 Å². The van der Waals surface area contributed by atoms with Crippen LogP contribution in [0.15, 0.2) is 66.7 Å². The molecule has 1 aliphatic rings. The van der Waals surface area contributed by atoms with Gasteiger partial charge in [0.15, 0.2) is 0 Å². The van der Waals surface area contributed by atoms with Crippen molar-refractivity contribution >= 4 is 17.7 Å². The number of nitriles is 2. The Kier molecular flexibility index (Phi) is 8.79. The molecule has 4 rings (SSSR count). The van der Waals surface area contributed by atoms with Crippen LogP contribution in [-0.2, 0) is 9.53 Å². The van der Waals surface area contributed by atoms with E-state index in [9.17, 15) is 9.59 Å². The zero-order valence-electron chi connectivity index (χ0n) is 23.3. The lowest BCUT2D eigenvalue weighted by molar-refractivity contribution is -0.123. The fourth-order valence-electron chi connectivity index (χ4n) is 4.54. The first-order chi connectivity index (χ1) is 19.6. The van der Waals surface area contributed by atoms with Crippen LogP contribution in [0.25, 0.3) is 0 Å². The van der Waals surface area contributed by atoms with Gasteiger partial charge in [-0.25, -0.2) is 4.79 Å². The van der Waals surface area contributed by atoms with Crippen molar-refractivity contribution in [2.75, 3.05) is 5.32 Å². The Morgan fingerprint density at radius 1 is 0.756 bits per heavy atom. The van der Waals surface area contributed by atoms with Crippen LogP contribution in [-0.4, -0.2) is 23.1 Å². The fraction of sp³-hybridized carbons (Fsp3) is 0.312. The van der Waals surface area contributed by atoms with Gasteiger partial charge in [0.25, 0.3) is 0 Å². The van der Waals surface area contributed by atoms with E-state index in [4.69, 9.17) is 24.7 Å². The van der Waals surface area contributed by atoms with Crippen LogP contribution in [0.5, 0.6) is 23.0 Å². The van der Waals surface area contributed by atoms with Crippen molar-refractivity contribution in [2.24, 2.45) is 0 Å². The Labute approximate surface area is 239 Å². The Morgan fingerprint density at radius 3 is 1.68 bits per heavy atom. The molecule has 1 aliphatic carbocycles. The first-order valence-electron chi connectivity index (χ1n) is 13.4. The molecule has 41 heavy (non-hydrogen) atoms. The minimum absolute atomic E-state index is 0.358. The van der Waals surface area contributed by atoms with Crippen LogP contribution in [0.1, 0.15) is 64.0 Å². The maximum absolute atomic E-state index is 13.7. The summed E-state index contributed by atoms with van der Waals surface area (Å²) in [6, 6.07) is 22.4.